The number of carbonyl (C=O) groups is 1. The van der Waals surface area contributed by atoms with Gasteiger partial charge in [0.15, 0.2) is 0 Å². The molecule has 4 heteroatoms. The SMILES string of the molecule is COc1ccc2[nH]cc(C3(C(=O)N(Cc4ccccc4)C(C)C)CC3)c2c1. The Morgan fingerprint density at radius 3 is 2.56 bits per heavy atom. The summed E-state index contributed by atoms with van der Waals surface area (Å²) >= 11 is 0. The minimum atomic E-state index is -0.413. The van der Waals surface area contributed by atoms with Crippen LogP contribution in [0.2, 0.25) is 0 Å². The van der Waals surface area contributed by atoms with E-state index in [1.54, 1.807) is 7.11 Å². The molecule has 4 nitrogen and oxygen atoms in total. The Balaban J connectivity index is 1.69. The number of hydrogen-bond acceptors (Lipinski definition) is 2. The van der Waals surface area contributed by atoms with E-state index < -0.39 is 5.41 Å². The van der Waals surface area contributed by atoms with Gasteiger partial charge in [-0.1, -0.05) is 30.3 Å². The second-order valence-electron chi connectivity index (χ2n) is 7.71. The van der Waals surface area contributed by atoms with Crippen LogP contribution in [0, 0.1) is 0 Å². The number of amides is 1. The molecular weight excluding hydrogens is 336 g/mol. The van der Waals surface area contributed by atoms with Crippen LogP contribution in [0.3, 0.4) is 0 Å². The molecule has 1 N–H and O–H groups in total. The lowest BCUT2D eigenvalue weighted by Crippen LogP contribution is -2.43. The zero-order valence-electron chi connectivity index (χ0n) is 16.2. The molecule has 1 fully saturated rings. The normalized spacial score (nSPS) is 15.1. The van der Waals surface area contributed by atoms with Crippen molar-refractivity contribution in [2.24, 2.45) is 0 Å². The van der Waals surface area contributed by atoms with Gasteiger partial charge in [-0.2, -0.15) is 0 Å². The number of hydrogen-bond donors (Lipinski definition) is 1. The molecule has 0 radical (unpaired) electrons. The van der Waals surface area contributed by atoms with Gasteiger partial charge in [0.2, 0.25) is 5.91 Å². The number of methoxy groups -OCH3 is 1. The molecule has 0 atom stereocenters. The van der Waals surface area contributed by atoms with Crippen molar-refractivity contribution in [3.8, 4) is 5.75 Å². The second kappa shape index (κ2) is 6.76. The van der Waals surface area contributed by atoms with Crippen molar-refractivity contribution in [2.75, 3.05) is 7.11 Å². The monoisotopic (exact) mass is 362 g/mol. The van der Waals surface area contributed by atoms with Crippen LogP contribution in [0.5, 0.6) is 5.75 Å². The number of ether oxygens (including phenoxy) is 1. The summed E-state index contributed by atoms with van der Waals surface area (Å²) in [6, 6.07) is 16.4. The van der Waals surface area contributed by atoms with Crippen LogP contribution in [-0.2, 0) is 16.8 Å². The highest BCUT2D eigenvalue weighted by Crippen LogP contribution is 2.52. The number of aromatic nitrogens is 1. The third kappa shape index (κ3) is 3.09. The van der Waals surface area contributed by atoms with Crippen LogP contribution < -0.4 is 4.74 Å². The number of benzene rings is 2. The Bertz CT molecular complexity index is 955. The quantitative estimate of drug-likeness (QED) is 0.694. The summed E-state index contributed by atoms with van der Waals surface area (Å²) < 4.78 is 5.40. The van der Waals surface area contributed by atoms with E-state index in [0.717, 1.165) is 40.6 Å². The van der Waals surface area contributed by atoms with Gasteiger partial charge in [0.1, 0.15) is 5.75 Å². The Labute approximate surface area is 160 Å². The molecule has 140 valence electrons. The van der Waals surface area contributed by atoms with E-state index in [4.69, 9.17) is 4.74 Å². The predicted molar refractivity (Wildman–Crippen MR) is 108 cm³/mol. The van der Waals surface area contributed by atoms with E-state index in [-0.39, 0.29) is 11.9 Å². The molecule has 1 amide bonds. The first-order chi connectivity index (χ1) is 13.0. The molecule has 0 bridgehead atoms. The van der Waals surface area contributed by atoms with Crippen LogP contribution in [0.25, 0.3) is 10.9 Å². The zero-order valence-corrected chi connectivity index (χ0v) is 16.2. The van der Waals surface area contributed by atoms with E-state index in [9.17, 15) is 4.79 Å². The Hall–Kier alpha value is -2.75. The number of aromatic amines is 1. The van der Waals surface area contributed by atoms with Gasteiger partial charge >= 0.3 is 0 Å². The molecule has 1 heterocycles. The largest absolute Gasteiger partial charge is 0.497 e. The van der Waals surface area contributed by atoms with E-state index in [2.05, 4.69) is 31.0 Å². The van der Waals surface area contributed by atoms with Crippen LogP contribution in [0.15, 0.2) is 54.7 Å². The standard InChI is InChI=1S/C23H26N2O2/c1-16(2)25(15-17-7-5-4-6-8-17)22(26)23(11-12-23)20-14-24-21-10-9-18(27-3)13-19(20)21/h4-10,13-14,16,24H,11-12,15H2,1-3H3. The molecule has 1 aliphatic carbocycles. The molecule has 27 heavy (non-hydrogen) atoms. The maximum absolute atomic E-state index is 13.7. The number of fused-ring (bicyclic) bond motifs is 1. The zero-order chi connectivity index (χ0) is 19.0. The molecule has 0 saturated heterocycles. The van der Waals surface area contributed by atoms with Gasteiger partial charge < -0.3 is 14.6 Å². The van der Waals surface area contributed by atoms with Crippen LogP contribution >= 0.6 is 0 Å². The van der Waals surface area contributed by atoms with E-state index >= 15 is 0 Å². The minimum absolute atomic E-state index is 0.148. The smallest absolute Gasteiger partial charge is 0.233 e. The molecule has 4 rings (SSSR count). The van der Waals surface area contributed by atoms with Gasteiger partial charge in [-0.25, -0.2) is 0 Å². The van der Waals surface area contributed by atoms with Crippen molar-refractivity contribution in [3.63, 3.8) is 0 Å². The van der Waals surface area contributed by atoms with Crippen LogP contribution in [0.4, 0.5) is 0 Å². The lowest BCUT2D eigenvalue weighted by Gasteiger charge is -2.31. The first kappa shape index (κ1) is 17.7. The second-order valence-corrected chi connectivity index (χ2v) is 7.71. The average Bonchev–Trinajstić information content (AvgIpc) is 3.38. The first-order valence-corrected chi connectivity index (χ1v) is 9.56. The van der Waals surface area contributed by atoms with Crippen molar-refractivity contribution in [1.29, 1.82) is 0 Å². The van der Waals surface area contributed by atoms with Crippen LogP contribution in [-0.4, -0.2) is 28.9 Å². The summed E-state index contributed by atoms with van der Waals surface area (Å²) in [5.74, 6) is 1.04. The average molecular weight is 362 g/mol. The lowest BCUT2D eigenvalue weighted by atomic mass is 9.93. The highest BCUT2D eigenvalue weighted by Gasteiger charge is 2.54. The summed E-state index contributed by atoms with van der Waals surface area (Å²) in [4.78, 5) is 19.0. The van der Waals surface area contributed by atoms with Crippen molar-refractivity contribution < 1.29 is 9.53 Å². The fraction of sp³-hybridized carbons (Fsp3) is 0.348. The Morgan fingerprint density at radius 2 is 1.93 bits per heavy atom. The summed E-state index contributed by atoms with van der Waals surface area (Å²) in [7, 11) is 1.67. The van der Waals surface area contributed by atoms with Gasteiger partial charge in [0, 0.05) is 29.7 Å². The Morgan fingerprint density at radius 1 is 1.19 bits per heavy atom. The van der Waals surface area contributed by atoms with Crippen molar-refractivity contribution in [2.45, 2.75) is 44.7 Å². The third-order valence-electron chi connectivity index (χ3n) is 5.64. The van der Waals surface area contributed by atoms with Crippen molar-refractivity contribution in [3.05, 3.63) is 65.9 Å². The van der Waals surface area contributed by atoms with Gasteiger partial charge in [-0.05, 0) is 56.0 Å². The fourth-order valence-corrected chi connectivity index (χ4v) is 3.89. The molecule has 1 saturated carbocycles. The van der Waals surface area contributed by atoms with E-state index in [1.807, 2.05) is 47.5 Å². The minimum Gasteiger partial charge on any atom is -0.497 e. The molecule has 2 aromatic carbocycles. The third-order valence-corrected chi connectivity index (χ3v) is 5.64. The number of carbonyl (C=O) groups excluding carboxylic acids is 1. The predicted octanol–water partition coefficient (Wildman–Crippen LogP) is 4.65. The van der Waals surface area contributed by atoms with Gasteiger partial charge in [-0.3, -0.25) is 4.79 Å². The van der Waals surface area contributed by atoms with Gasteiger partial charge in [0.05, 0.1) is 12.5 Å². The van der Waals surface area contributed by atoms with E-state index in [0.29, 0.717) is 6.54 Å². The Kier molecular flexibility index (Phi) is 4.42. The summed E-state index contributed by atoms with van der Waals surface area (Å²) in [5.41, 5.74) is 2.89. The molecule has 1 aliphatic rings. The summed E-state index contributed by atoms with van der Waals surface area (Å²) in [6.07, 6.45) is 3.80. The number of H-pyrrole nitrogens is 1. The molecule has 0 aliphatic heterocycles. The molecular formula is C23H26N2O2. The molecule has 1 aromatic heterocycles. The van der Waals surface area contributed by atoms with Crippen molar-refractivity contribution >= 4 is 16.8 Å². The first-order valence-electron chi connectivity index (χ1n) is 9.56. The molecule has 0 unspecified atom stereocenters. The highest BCUT2D eigenvalue weighted by atomic mass is 16.5. The molecule has 0 spiro atoms. The fourth-order valence-electron chi connectivity index (χ4n) is 3.89. The number of nitrogens with zero attached hydrogens (tertiary/aromatic N) is 1. The maximum Gasteiger partial charge on any atom is 0.233 e. The van der Waals surface area contributed by atoms with Crippen molar-refractivity contribution in [1.82, 2.24) is 9.88 Å². The number of nitrogens with one attached hydrogen (secondary N) is 1. The lowest BCUT2D eigenvalue weighted by molar-refractivity contribution is -0.136. The highest BCUT2D eigenvalue weighted by molar-refractivity contribution is 5.98. The maximum atomic E-state index is 13.7. The van der Waals surface area contributed by atoms with E-state index in [1.165, 1.54) is 0 Å². The topological polar surface area (TPSA) is 45.3 Å². The number of rotatable bonds is 6. The van der Waals surface area contributed by atoms with Gasteiger partial charge in [-0.15, -0.1) is 0 Å². The summed E-state index contributed by atoms with van der Waals surface area (Å²) in [5, 5.41) is 1.09. The molecule has 3 aromatic rings. The van der Waals surface area contributed by atoms with Crippen LogP contribution in [0.1, 0.15) is 37.8 Å². The summed E-state index contributed by atoms with van der Waals surface area (Å²) in [6.45, 7) is 4.83. The van der Waals surface area contributed by atoms with Gasteiger partial charge in [0.25, 0.3) is 0 Å².